The number of nitrogen functional groups attached to an aromatic ring is 1. The Hall–Kier alpha value is -1.73. The molecule has 80 valence electrons. The zero-order valence-electron chi connectivity index (χ0n) is 8.02. The third-order valence-electron chi connectivity index (χ3n) is 2.22. The molecule has 0 bridgehead atoms. The van der Waals surface area contributed by atoms with Gasteiger partial charge in [0.15, 0.2) is 10.4 Å². The van der Waals surface area contributed by atoms with Crippen LogP contribution in [0.5, 0.6) is 0 Å². The Labute approximate surface area is 99.3 Å². The molecule has 0 aliphatic carbocycles. The minimum Gasteiger partial charge on any atom is -0.383 e. The summed E-state index contributed by atoms with van der Waals surface area (Å²) in [5.41, 5.74) is 7.24. The number of rotatable bonds is 1. The summed E-state index contributed by atoms with van der Waals surface area (Å²) in [4.78, 5) is 8.23. The second-order valence-corrected chi connectivity index (χ2v) is 4.56. The molecule has 0 saturated heterocycles. The Morgan fingerprint density at radius 1 is 1.44 bits per heavy atom. The first-order valence-corrected chi connectivity index (χ1v) is 5.82. The molecule has 7 heteroatoms. The maximum atomic E-state index is 5.83. The lowest BCUT2D eigenvalue weighted by atomic mass is 10.2. The first-order chi connectivity index (χ1) is 7.75. The topological polar surface area (TPSA) is 83.4 Å². The molecule has 0 radical (unpaired) electrons. The highest BCUT2D eigenvalue weighted by atomic mass is 32.1. The number of aromatic amines is 2. The van der Waals surface area contributed by atoms with Crippen molar-refractivity contribution < 1.29 is 0 Å². The quantitative estimate of drug-likeness (QED) is 0.578. The monoisotopic (exact) mass is 249 g/mol. The first-order valence-electron chi connectivity index (χ1n) is 4.53. The summed E-state index contributed by atoms with van der Waals surface area (Å²) in [6.07, 6.45) is 0. The van der Waals surface area contributed by atoms with Crippen LogP contribution in [0.1, 0.15) is 0 Å². The van der Waals surface area contributed by atoms with Gasteiger partial charge in [0, 0.05) is 0 Å². The van der Waals surface area contributed by atoms with Gasteiger partial charge in [0.25, 0.3) is 0 Å². The van der Waals surface area contributed by atoms with Gasteiger partial charge < -0.3 is 10.7 Å². The van der Waals surface area contributed by atoms with E-state index in [0.717, 1.165) is 16.0 Å². The van der Waals surface area contributed by atoms with Gasteiger partial charge in [-0.2, -0.15) is 5.10 Å². The van der Waals surface area contributed by atoms with Crippen molar-refractivity contribution in [3.8, 4) is 10.6 Å². The van der Waals surface area contributed by atoms with Crippen molar-refractivity contribution in [3.63, 3.8) is 0 Å². The Balaban J connectivity index is 2.47. The summed E-state index contributed by atoms with van der Waals surface area (Å²) < 4.78 is 0.405. The van der Waals surface area contributed by atoms with E-state index >= 15 is 0 Å². The third kappa shape index (κ3) is 1.33. The summed E-state index contributed by atoms with van der Waals surface area (Å²) in [7, 11) is 0. The molecule has 0 saturated carbocycles. The number of fused-ring (bicyclic) bond motifs is 1. The minimum atomic E-state index is 0.405. The second-order valence-electron chi connectivity index (χ2n) is 3.23. The molecular formula is C9H7N5S2. The normalized spacial score (nSPS) is 11.0. The SMILES string of the molecule is Nc1[nH]nc2[nH]c(=S)nc(-c3cccs3)c12. The molecule has 0 aromatic carbocycles. The molecule has 3 rings (SSSR count). The molecule has 5 nitrogen and oxygen atoms in total. The van der Waals surface area contributed by atoms with Crippen molar-refractivity contribution in [3.05, 3.63) is 22.3 Å². The Bertz CT molecular complexity index is 694. The van der Waals surface area contributed by atoms with Crippen LogP contribution in [0.15, 0.2) is 17.5 Å². The van der Waals surface area contributed by atoms with E-state index in [1.54, 1.807) is 11.3 Å². The van der Waals surface area contributed by atoms with Gasteiger partial charge in [-0.25, -0.2) is 4.98 Å². The van der Waals surface area contributed by atoms with E-state index < -0.39 is 0 Å². The third-order valence-corrected chi connectivity index (χ3v) is 3.29. The van der Waals surface area contributed by atoms with Crippen molar-refractivity contribution in [2.45, 2.75) is 0 Å². The molecule has 0 aliphatic heterocycles. The van der Waals surface area contributed by atoms with Crippen molar-refractivity contribution >= 4 is 40.4 Å². The average molecular weight is 249 g/mol. The molecule has 0 aliphatic rings. The van der Waals surface area contributed by atoms with Crippen LogP contribution in [0.2, 0.25) is 0 Å². The van der Waals surface area contributed by atoms with Crippen molar-refractivity contribution in [2.24, 2.45) is 0 Å². The van der Waals surface area contributed by atoms with Gasteiger partial charge in [0.2, 0.25) is 0 Å². The average Bonchev–Trinajstić information content (AvgIpc) is 2.87. The molecule has 3 aromatic rings. The fourth-order valence-electron chi connectivity index (χ4n) is 1.56. The van der Waals surface area contributed by atoms with Gasteiger partial charge >= 0.3 is 0 Å². The van der Waals surface area contributed by atoms with Gasteiger partial charge in [-0.15, -0.1) is 11.3 Å². The van der Waals surface area contributed by atoms with Gasteiger partial charge in [-0.1, -0.05) is 6.07 Å². The number of anilines is 1. The van der Waals surface area contributed by atoms with Crippen LogP contribution in [0.3, 0.4) is 0 Å². The number of H-pyrrole nitrogens is 2. The molecule has 0 amide bonds. The zero-order valence-corrected chi connectivity index (χ0v) is 9.65. The van der Waals surface area contributed by atoms with Gasteiger partial charge in [0.1, 0.15) is 5.82 Å². The van der Waals surface area contributed by atoms with Crippen LogP contribution in [-0.2, 0) is 0 Å². The first kappa shape index (κ1) is 9.49. The van der Waals surface area contributed by atoms with Crippen LogP contribution in [-0.4, -0.2) is 20.2 Å². The van der Waals surface area contributed by atoms with Crippen LogP contribution < -0.4 is 5.73 Å². The lowest BCUT2D eigenvalue weighted by molar-refractivity contribution is 1.09. The smallest absolute Gasteiger partial charge is 0.199 e. The fraction of sp³-hybridized carbons (Fsp3) is 0. The predicted octanol–water partition coefficient (Wildman–Crippen LogP) is 2.33. The number of nitrogens with one attached hydrogen (secondary N) is 2. The largest absolute Gasteiger partial charge is 0.383 e. The van der Waals surface area contributed by atoms with Crippen LogP contribution >= 0.6 is 23.6 Å². The molecule has 0 spiro atoms. The Morgan fingerprint density at radius 3 is 3.06 bits per heavy atom. The highest BCUT2D eigenvalue weighted by Crippen LogP contribution is 2.30. The lowest BCUT2D eigenvalue weighted by Gasteiger charge is -1.99. The van der Waals surface area contributed by atoms with Crippen LogP contribution in [0.25, 0.3) is 21.6 Å². The van der Waals surface area contributed by atoms with Crippen molar-refractivity contribution in [1.82, 2.24) is 20.2 Å². The van der Waals surface area contributed by atoms with Gasteiger partial charge in [-0.05, 0) is 23.7 Å². The van der Waals surface area contributed by atoms with E-state index in [9.17, 15) is 0 Å². The fourth-order valence-corrected chi connectivity index (χ4v) is 2.47. The summed E-state index contributed by atoms with van der Waals surface area (Å²) in [6, 6.07) is 3.94. The number of aromatic nitrogens is 4. The second kappa shape index (κ2) is 3.39. The molecule has 16 heavy (non-hydrogen) atoms. The van der Waals surface area contributed by atoms with E-state index in [-0.39, 0.29) is 0 Å². The summed E-state index contributed by atoms with van der Waals surface area (Å²) in [5, 5.41) is 9.54. The molecule has 0 atom stereocenters. The molecule has 3 aromatic heterocycles. The highest BCUT2D eigenvalue weighted by molar-refractivity contribution is 7.71. The number of nitrogens with two attached hydrogens (primary N) is 1. The van der Waals surface area contributed by atoms with E-state index in [1.807, 2.05) is 17.5 Å². The molecular weight excluding hydrogens is 242 g/mol. The van der Waals surface area contributed by atoms with Gasteiger partial charge in [-0.3, -0.25) is 5.10 Å². The zero-order chi connectivity index (χ0) is 11.1. The van der Waals surface area contributed by atoms with Crippen LogP contribution in [0, 0.1) is 4.77 Å². The highest BCUT2D eigenvalue weighted by Gasteiger charge is 2.12. The standard InChI is InChI=1S/C9H7N5S2/c10-7-5-6(4-2-1-3-16-4)11-9(15)12-8(5)14-13-7/h1-3H,(H4,10,11,12,13,14,15). The molecule has 3 heterocycles. The van der Waals surface area contributed by atoms with E-state index in [0.29, 0.717) is 16.2 Å². The van der Waals surface area contributed by atoms with E-state index in [2.05, 4.69) is 20.2 Å². The van der Waals surface area contributed by atoms with E-state index in [4.69, 9.17) is 18.0 Å². The number of thiophene rings is 1. The van der Waals surface area contributed by atoms with Crippen LogP contribution in [0.4, 0.5) is 5.82 Å². The lowest BCUT2D eigenvalue weighted by Crippen LogP contribution is -1.90. The summed E-state index contributed by atoms with van der Waals surface area (Å²) in [6.45, 7) is 0. The molecule has 0 unspecified atom stereocenters. The summed E-state index contributed by atoms with van der Waals surface area (Å²) in [5.74, 6) is 0.497. The number of hydrogen-bond donors (Lipinski definition) is 3. The molecule has 0 fully saturated rings. The van der Waals surface area contributed by atoms with E-state index in [1.165, 1.54) is 0 Å². The Morgan fingerprint density at radius 2 is 2.31 bits per heavy atom. The molecule has 4 N–H and O–H groups in total. The van der Waals surface area contributed by atoms with Gasteiger partial charge in [0.05, 0.1) is 16.0 Å². The van der Waals surface area contributed by atoms with Crippen molar-refractivity contribution in [2.75, 3.05) is 5.73 Å². The van der Waals surface area contributed by atoms with Crippen molar-refractivity contribution in [1.29, 1.82) is 0 Å². The maximum Gasteiger partial charge on any atom is 0.199 e. The maximum absolute atomic E-state index is 5.83. The number of hydrogen-bond acceptors (Lipinski definition) is 5. The minimum absolute atomic E-state index is 0.405. The Kier molecular flexibility index (Phi) is 2.01. The summed E-state index contributed by atoms with van der Waals surface area (Å²) >= 11 is 6.65. The number of nitrogens with zero attached hydrogens (tertiary/aromatic N) is 2. The predicted molar refractivity (Wildman–Crippen MR) is 66.8 cm³/mol.